The number of nitrogens with zero attached hydrogens (tertiary/aromatic N) is 1. The first-order chi connectivity index (χ1) is 10.9. The fraction of sp³-hybridized carbons (Fsp3) is 0.471. The molecule has 0 N–H and O–H groups in total. The number of esters is 1. The number of fused-ring (bicyclic) bond motifs is 1. The van der Waals surface area contributed by atoms with Gasteiger partial charge in [0, 0.05) is 5.56 Å². The molecule has 2 rings (SSSR count). The monoisotopic (exact) mass is 319 g/mol. The van der Waals surface area contributed by atoms with Gasteiger partial charge in [0.1, 0.15) is 11.8 Å². The fourth-order valence-electron chi connectivity index (χ4n) is 2.59. The highest BCUT2D eigenvalue weighted by molar-refractivity contribution is 6.06. The molecule has 0 saturated carbocycles. The van der Waals surface area contributed by atoms with Gasteiger partial charge in [0.15, 0.2) is 11.9 Å². The lowest BCUT2D eigenvalue weighted by Crippen LogP contribution is -2.53. The molecule has 1 aromatic carbocycles. The number of hydrogen-bond donors (Lipinski definition) is 0. The maximum Gasteiger partial charge on any atom is 0.329 e. The van der Waals surface area contributed by atoms with Crippen molar-refractivity contribution >= 4 is 23.3 Å². The lowest BCUT2D eigenvalue weighted by Gasteiger charge is -2.37. The molecule has 23 heavy (non-hydrogen) atoms. The predicted molar refractivity (Wildman–Crippen MR) is 84.7 cm³/mol. The van der Waals surface area contributed by atoms with Crippen LogP contribution < -0.4 is 9.64 Å². The lowest BCUT2D eigenvalue weighted by atomic mass is 10.0. The Balaban J connectivity index is 2.53. The number of benzene rings is 1. The molecule has 2 atom stereocenters. The van der Waals surface area contributed by atoms with E-state index in [1.54, 1.807) is 32.0 Å². The van der Waals surface area contributed by atoms with Gasteiger partial charge in [-0.05, 0) is 45.4 Å². The molecule has 1 aliphatic rings. The number of rotatable bonds is 5. The van der Waals surface area contributed by atoms with E-state index in [1.165, 1.54) is 11.8 Å². The number of carbonyl (C=O) groups is 3. The predicted octanol–water partition coefficient (Wildman–Crippen LogP) is 2.34. The zero-order chi connectivity index (χ0) is 17.1. The number of amides is 1. The van der Waals surface area contributed by atoms with Crippen LogP contribution in [0.25, 0.3) is 0 Å². The molecule has 1 amide bonds. The average Bonchev–Trinajstić information content (AvgIpc) is 2.51. The summed E-state index contributed by atoms with van der Waals surface area (Å²) in [4.78, 5) is 37.8. The zero-order valence-corrected chi connectivity index (χ0v) is 13.8. The molecule has 0 spiro atoms. The van der Waals surface area contributed by atoms with Crippen LogP contribution in [0.1, 0.15) is 44.5 Å². The molecule has 6 heteroatoms. The van der Waals surface area contributed by atoms with Crippen LogP contribution in [-0.2, 0) is 14.3 Å². The topological polar surface area (TPSA) is 72.9 Å². The minimum Gasteiger partial charge on any atom is -0.479 e. The summed E-state index contributed by atoms with van der Waals surface area (Å²) in [5.74, 6) is -0.428. The second-order valence-corrected chi connectivity index (χ2v) is 5.38. The van der Waals surface area contributed by atoms with Crippen molar-refractivity contribution in [2.24, 2.45) is 0 Å². The molecule has 0 radical (unpaired) electrons. The van der Waals surface area contributed by atoms with Crippen molar-refractivity contribution in [1.29, 1.82) is 0 Å². The normalized spacial score (nSPS) is 18.0. The Morgan fingerprint density at radius 1 is 1.35 bits per heavy atom. The molecule has 1 aliphatic heterocycles. The maximum absolute atomic E-state index is 12.6. The van der Waals surface area contributed by atoms with Gasteiger partial charge in [0.05, 0.1) is 12.3 Å². The minimum atomic E-state index is -0.741. The first-order valence-corrected chi connectivity index (χ1v) is 7.72. The quantitative estimate of drug-likeness (QED) is 0.615. The highest BCUT2D eigenvalue weighted by Crippen LogP contribution is 2.37. The third-order valence-electron chi connectivity index (χ3n) is 3.77. The van der Waals surface area contributed by atoms with E-state index in [9.17, 15) is 14.4 Å². The Bertz CT molecular complexity index is 640. The van der Waals surface area contributed by atoms with Crippen molar-refractivity contribution in [3.63, 3.8) is 0 Å². The molecular formula is C17H21NO5. The minimum absolute atomic E-state index is 0.122. The van der Waals surface area contributed by atoms with Crippen molar-refractivity contribution in [2.45, 2.75) is 46.3 Å². The van der Waals surface area contributed by atoms with E-state index >= 15 is 0 Å². The molecule has 124 valence electrons. The molecule has 0 aromatic heterocycles. The van der Waals surface area contributed by atoms with Gasteiger partial charge in [0.25, 0.3) is 5.91 Å². The van der Waals surface area contributed by atoms with E-state index in [0.717, 1.165) is 0 Å². The van der Waals surface area contributed by atoms with Gasteiger partial charge >= 0.3 is 5.97 Å². The number of carbonyl (C=O) groups excluding carboxylic acids is 3. The van der Waals surface area contributed by atoms with Crippen LogP contribution in [0.2, 0.25) is 0 Å². The molecule has 1 heterocycles. The van der Waals surface area contributed by atoms with Gasteiger partial charge < -0.3 is 9.47 Å². The van der Waals surface area contributed by atoms with Crippen molar-refractivity contribution in [3.05, 3.63) is 23.8 Å². The second-order valence-electron chi connectivity index (χ2n) is 5.38. The number of hydrogen-bond acceptors (Lipinski definition) is 5. The highest BCUT2D eigenvalue weighted by Gasteiger charge is 2.39. The van der Waals surface area contributed by atoms with E-state index in [0.29, 0.717) is 23.4 Å². The van der Waals surface area contributed by atoms with Crippen LogP contribution in [0.5, 0.6) is 5.75 Å². The summed E-state index contributed by atoms with van der Waals surface area (Å²) < 4.78 is 10.7. The summed E-state index contributed by atoms with van der Waals surface area (Å²) >= 11 is 0. The summed E-state index contributed by atoms with van der Waals surface area (Å²) in [5, 5.41) is 0. The van der Waals surface area contributed by atoms with Crippen molar-refractivity contribution < 1.29 is 23.9 Å². The number of anilines is 1. The fourth-order valence-corrected chi connectivity index (χ4v) is 2.59. The Hall–Kier alpha value is -2.37. The van der Waals surface area contributed by atoms with Crippen LogP contribution in [0, 0.1) is 0 Å². The lowest BCUT2D eigenvalue weighted by molar-refractivity contribution is -0.146. The number of ketones is 1. The van der Waals surface area contributed by atoms with E-state index in [4.69, 9.17) is 9.47 Å². The van der Waals surface area contributed by atoms with Gasteiger partial charge in [-0.15, -0.1) is 0 Å². The van der Waals surface area contributed by atoms with Gasteiger partial charge in [-0.25, -0.2) is 4.79 Å². The molecule has 2 unspecified atom stereocenters. The Morgan fingerprint density at radius 3 is 2.61 bits per heavy atom. The maximum atomic E-state index is 12.6. The summed E-state index contributed by atoms with van der Waals surface area (Å²) in [7, 11) is 0. The summed E-state index contributed by atoms with van der Waals surface area (Å²) in [6, 6.07) is 4.14. The van der Waals surface area contributed by atoms with Crippen LogP contribution in [0.3, 0.4) is 0 Å². The van der Waals surface area contributed by atoms with E-state index in [2.05, 4.69) is 0 Å². The largest absolute Gasteiger partial charge is 0.479 e. The van der Waals surface area contributed by atoms with Crippen LogP contribution >= 0.6 is 0 Å². The highest BCUT2D eigenvalue weighted by atomic mass is 16.5. The second kappa shape index (κ2) is 6.81. The van der Waals surface area contributed by atoms with Crippen LogP contribution in [0.4, 0.5) is 5.69 Å². The molecule has 6 nitrogen and oxygen atoms in total. The third-order valence-corrected chi connectivity index (χ3v) is 3.77. The Labute approximate surface area is 135 Å². The molecular weight excluding hydrogens is 298 g/mol. The van der Waals surface area contributed by atoms with E-state index in [-0.39, 0.29) is 18.3 Å². The van der Waals surface area contributed by atoms with Gasteiger partial charge in [-0.3, -0.25) is 14.5 Å². The van der Waals surface area contributed by atoms with Gasteiger partial charge in [-0.1, -0.05) is 6.92 Å². The van der Waals surface area contributed by atoms with Gasteiger partial charge in [0.2, 0.25) is 0 Å². The SMILES string of the molecule is CCOC(=O)C(CC)N1C(=O)C(C)Oc2ccc(C(C)=O)cc21. The average molecular weight is 319 g/mol. The molecule has 0 bridgehead atoms. The van der Waals surface area contributed by atoms with Crippen molar-refractivity contribution in [2.75, 3.05) is 11.5 Å². The zero-order valence-electron chi connectivity index (χ0n) is 13.8. The third kappa shape index (κ3) is 3.21. The summed E-state index contributed by atoms with van der Waals surface area (Å²) in [6.07, 6.45) is -0.296. The molecule has 0 saturated heterocycles. The van der Waals surface area contributed by atoms with Crippen molar-refractivity contribution in [1.82, 2.24) is 0 Å². The smallest absolute Gasteiger partial charge is 0.329 e. The number of ether oxygens (including phenoxy) is 2. The van der Waals surface area contributed by atoms with E-state index < -0.39 is 18.1 Å². The molecule has 1 aromatic rings. The van der Waals surface area contributed by atoms with Gasteiger partial charge in [-0.2, -0.15) is 0 Å². The van der Waals surface area contributed by atoms with Crippen LogP contribution in [0.15, 0.2) is 18.2 Å². The first kappa shape index (κ1) is 17.0. The summed E-state index contributed by atoms with van der Waals surface area (Å²) in [6.45, 7) is 6.85. The first-order valence-electron chi connectivity index (χ1n) is 7.72. The Kier molecular flexibility index (Phi) is 5.03. The summed E-state index contributed by atoms with van der Waals surface area (Å²) in [5.41, 5.74) is 0.888. The Morgan fingerprint density at radius 2 is 2.04 bits per heavy atom. The molecule has 0 fully saturated rings. The van der Waals surface area contributed by atoms with Crippen molar-refractivity contribution in [3.8, 4) is 5.75 Å². The molecule has 0 aliphatic carbocycles. The van der Waals surface area contributed by atoms with Crippen LogP contribution in [-0.4, -0.2) is 36.4 Å². The standard InChI is InChI=1S/C17H21NO5/c1-5-13(17(21)22-6-2)18-14-9-12(10(3)19)7-8-15(14)23-11(4)16(18)20/h7-9,11,13H,5-6H2,1-4H3. The number of Topliss-reactive ketones (excluding diaryl/α,β-unsaturated/α-hetero) is 1. The van der Waals surface area contributed by atoms with E-state index in [1.807, 2.05) is 6.92 Å².